The van der Waals surface area contributed by atoms with E-state index in [0.29, 0.717) is 11.5 Å². The van der Waals surface area contributed by atoms with Gasteiger partial charge in [-0.05, 0) is 67.8 Å². The lowest BCUT2D eigenvalue weighted by Gasteiger charge is -2.61. The van der Waals surface area contributed by atoms with Gasteiger partial charge in [0.15, 0.2) is 0 Å². The van der Waals surface area contributed by atoms with Crippen LogP contribution in [0.25, 0.3) is 10.9 Å². The quantitative estimate of drug-likeness (QED) is 0.637. The molecule has 31 heavy (non-hydrogen) atoms. The second-order valence-electron chi connectivity index (χ2n) is 9.44. The molecule has 3 aromatic rings. The molecule has 0 bridgehead atoms. The van der Waals surface area contributed by atoms with Gasteiger partial charge in [-0.2, -0.15) is 10.2 Å². The standard InChI is InChI=1S/C23H29ClN6O/c1-15-19(7-6-17-12-26-29(3)21(15)17)28(2)18-9-23(10-18)13-30(14-23)8-4-5-16-11-25-27-22(31)20(16)24/h6-7,11-12,18H,4-5,8-10,13-14H2,1-3H3,(H,27,31). The topological polar surface area (TPSA) is 70.1 Å². The molecular formula is C23H29ClN6O. The lowest BCUT2D eigenvalue weighted by molar-refractivity contribution is -0.0715. The predicted molar refractivity (Wildman–Crippen MR) is 124 cm³/mol. The number of nitrogens with one attached hydrogen (secondary N) is 1. The minimum atomic E-state index is -0.301. The Morgan fingerprint density at radius 2 is 2.06 bits per heavy atom. The Kier molecular flexibility index (Phi) is 5.06. The van der Waals surface area contributed by atoms with Crippen LogP contribution in [0.1, 0.15) is 30.4 Å². The van der Waals surface area contributed by atoms with Crippen LogP contribution in [-0.4, -0.2) is 57.6 Å². The van der Waals surface area contributed by atoms with Crippen molar-refractivity contribution in [1.29, 1.82) is 0 Å². The fourth-order valence-electron chi connectivity index (χ4n) is 5.65. The van der Waals surface area contributed by atoms with E-state index in [0.717, 1.165) is 24.9 Å². The van der Waals surface area contributed by atoms with Crippen LogP contribution in [-0.2, 0) is 13.5 Å². The Balaban J connectivity index is 1.13. The third kappa shape index (κ3) is 3.53. The number of anilines is 1. The van der Waals surface area contributed by atoms with E-state index in [4.69, 9.17) is 11.6 Å². The van der Waals surface area contributed by atoms with Crippen molar-refractivity contribution in [3.8, 4) is 0 Å². The Hall–Kier alpha value is -2.38. The van der Waals surface area contributed by atoms with Gasteiger partial charge in [0.1, 0.15) is 5.02 Å². The highest BCUT2D eigenvalue weighted by Gasteiger charge is 2.53. The van der Waals surface area contributed by atoms with Crippen LogP contribution in [0.3, 0.4) is 0 Å². The van der Waals surface area contributed by atoms with E-state index in [1.807, 2.05) is 17.9 Å². The zero-order valence-electron chi connectivity index (χ0n) is 18.4. The van der Waals surface area contributed by atoms with Gasteiger partial charge in [0.2, 0.25) is 0 Å². The molecule has 0 amide bonds. The average molecular weight is 441 g/mol. The van der Waals surface area contributed by atoms with Gasteiger partial charge in [0, 0.05) is 44.3 Å². The van der Waals surface area contributed by atoms with E-state index in [-0.39, 0.29) is 10.6 Å². The molecule has 2 aliphatic rings. The third-order valence-electron chi connectivity index (χ3n) is 7.30. The molecule has 2 fully saturated rings. The maximum Gasteiger partial charge on any atom is 0.283 e. The molecular weight excluding hydrogens is 412 g/mol. The van der Waals surface area contributed by atoms with Gasteiger partial charge in [-0.1, -0.05) is 11.6 Å². The van der Waals surface area contributed by atoms with Crippen molar-refractivity contribution in [3.05, 3.63) is 51.0 Å². The summed E-state index contributed by atoms with van der Waals surface area (Å²) in [6, 6.07) is 5.03. The fraction of sp³-hybridized carbons (Fsp3) is 0.522. The molecule has 1 saturated carbocycles. The zero-order valence-corrected chi connectivity index (χ0v) is 19.1. The summed E-state index contributed by atoms with van der Waals surface area (Å²) in [4.78, 5) is 16.5. The fourth-order valence-corrected chi connectivity index (χ4v) is 5.84. The van der Waals surface area contributed by atoms with Gasteiger partial charge in [0.25, 0.3) is 5.56 Å². The Morgan fingerprint density at radius 1 is 1.29 bits per heavy atom. The normalized spacial score (nSPS) is 18.3. The number of nitrogens with zero attached hydrogens (tertiary/aromatic N) is 5. The monoisotopic (exact) mass is 440 g/mol. The van der Waals surface area contributed by atoms with Gasteiger partial charge in [-0.25, -0.2) is 5.10 Å². The largest absolute Gasteiger partial charge is 0.371 e. The number of halogens is 1. The number of hydrogen-bond acceptors (Lipinski definition) is 5. The SMILES string of the molecule is Cc1c(N(C)C2CC3(C2)CN(CCCc2cn[nH]c(=O)c2Cl)C3)ccc2cnn(C)c12. The van der Waals surface area contributed by atoms with Gasteiger partial charge in [-0.15, -0.1) is 0 Å². The molecule has 0 atom stereocenters. The van der Waals surface area contributed by atoms with Gasteiger partial charge < -0.3 is 9.80 Å². The molecule has 1 N–H and O–H groups in total. The first-order valence-electron chi connectivity index (χ1n) is 11.0. The van der Waals surface area contributed by atoms with E-state index in [1.54, 1.807) is 6.20 Å². The van der Waals surface area contributed by atoms with Crippen molar-refractivity contribution in [2.75, 3.05) is 31.6 Å². The summed E-state index contributed by atoms with van der Waals surface area (Å²) < 4.78 is 1.98. The summed E-state index contributed by atoms with van der Waals surface area (Å²) in [5.74, 6) is 0. The maximum absolute atomic E-state index is 11.5. The van der Waals surface area contributed by atoms with Crippen LogP contribution in [0.5, 0.6) is 0 Å². The molecule has 1 saturated heterocycles. The molecule has 1 aromatic carbocycles. The highest BCUT2D eigenvalue weighted by molar-refractivity contribution is 6.31. The second kappa shape index (κ2) is 7.64. The Bertz CT molecular complexity index is 1170. The summed E-state index contributed by atoms with van der Waals surface area (Å²) in [6.45, 7) is 5.61. The molecule has 2 aromatic heterocycles. The summed E-state index contributed by atoms with van der Waals surface area (Å²) in [6.07, 6.45) is 7.90. The van der Waals surface area contributed by atoms with Crippen LogP contribution in [0, 0.1) is 12.3 Å². The van der Waals surface area contributed by atoms with Crippen molar-refractivity contribution >= 4 is 28.2 Å². The van der Waals surface area contributed by atoms with Crippen LogP contribution < -0.4 is 10.5 Å². The van der Waals surface area contributed by atoms with Crippen molar-refractivity contribution < 1.29 is 0 Å². The zero-order chi connectivity index (χ0) is 21.8. The number of aromatic nitrogens is 4. The number of aromatic amines is 1. The van der Waals surface area contributed by atoms with Crippen molar-refractivity contribution in [1.82, 2.24) is 24.9 Å². The van der Waals surface area contributed by atoms with Crippen LogP contribution >= 0.6 is 11.6 Å². The molecule has 1 spiro atoms. The van der Waals surface area contributed by atoms with E-state index in [1.165, 1.54) is 48.1 Å². The van der Waals surface area contributed by atoms with Crippen molar-refractivity contribution in [2.45, 2.75) is 38.6 Å². The molecule has 164 valence electrons. The van der Waals surface area contributed by atoms with E-state index >= 15 is 0 Å². The molecule has 3 heterocycles. The number of aryl methyl sites for hydroxylation is 3. The molecule has 8 heteroatoms. The van der Waals surface area contributed by atoms with Gasteiger partial charge >= 0.3 is 0 Å². The first-order valence-corrected chi connectivity index (χ1v) is 11.3. The van der Waals surface area contributed by atoms with Crippen LogP contribution in [0.2, 0.25) is 5.02 Å². The first kappa shape index (κ1) is 20.5. The Morgan fingerprint density at radius 3 is 2.84 bits per heavy atom. The van der Waals surface area contributed by atoms with E-state index in [9.17, 15) is 4.79 Å². The number of hydrogen-bond donors (Lipinski definition) is 1. The van der Waals surface area contributed by atoms with Crippen molar-refractivity contribution in [2.24, 2.45) is 12.5 Å². The molecule has 1 aliphatic carbocycles. The lowest BCUT2D eigenvalue weighted by atomic mass is 9.60. The number of fused-ring (bicyclic) bond motifs is 1. The van der Waals surface area contributed by atoms with Gasteiger partial charge in [0.05, 0.1) is 17.9 Å². The first-order chi connectivity index (χ1) is 14.9. The molecule has 5 rings (SSSR count). The number of likely N-dealkylation sites (tertiary alicyclic amines) is 1. The van der Waals surface area contributed by atoms with Crippen LogP contribution in [0.4, 0.5) is 5.69 Å². The number of benzene rings is 1. The minimum Gasteiger partial charge on any atom is -0.371 e. The molecule has 0 radical (unpaired) electrons. The highest BCUT2D eigenvalue weighted by atomic mass is 35.5. The summed E-state index contributed by atoms with van der Waals surface area (Å²) in [5.41, 5.74) is 4.88. The minimum absolute atomic E-state index is 0.277. The second-order valence-corrected chi connectivity index (χ2v) is 9.82. The average Bonchev–Trinajstić information content (AvgIpc) is 3.07. The van der Waals surface area contributed by atoms with Gasteiger partial charge in [-0.3, -0.25) is 9.48 Å². The third-order valence-corrected chi connectivity index (χ3v) is 7.71. The van der Waals surface area contributed by atoms with E-state index in [2.05, 4.69) is 51.2 Å². The summed E-state index contributed by atoms with van der Waals surface area (Å²) in [5, 5.41) is 12.1. The smallest absolute Gasteiger partial charge is 0.283 e. The predicted octanol–water partition coefficient (Wildman–Crippen LogP) is 3.15. The summed E-state index contributed by atoms with van der Waals surface area (Å²) in [7, 11) is 4.25. The molecule has 7 nitrogen and oxygen atoms in total. The van der Waals surface area contributed by atoms with Crippen molar-refractivity contribution in [3.63, 3.8) is 0 Å². The van der Waals surface area contributed by atoms with Crippen LogP contribution in [0.15, 0.2) is 29.3 Å². The Labute approximate surface area is 187 Å². The number of rotatable bonds is 6. The highest BCUT2D eigenvalue weighted by Crippen LogP contribution is 2.51. The summed E-state index contributed by atoms with van der Waals surface area (Å²) >= 11 is 6.07. The molecule has 0 unspecified atom stereocenters. The lowest BCUT2D eigenvalue weighted by Crippen LogP contribution is -2.66. The van der Waals surface area contributed by atoms with E-state index < -0.39 is 0 Å². The maximum atomic E-state index is 11.5. The molecule has 1 aliphatic heterocycles. The number of H-pyrrole nitrogens is 1.